The summed E-state index contributed by atoms with van der Waals surface area (Å²) in [6, 6.07) is 3.57. The van der Waals surface area contributed by atoms with E-state index in [4.69, 9.17) is 0 Å². The zero-order valence-electron chi connectivity index (χ0n) is 10.1. The maximum Gasteiger partial charge on any atom is 0.259 e. The van der Waals surface area contributed by atoms with Gasteiger partial charge in [0.2, 0.25) is 0 Å². The van der Waals surface area contributed by atoms with Crippen molar-refractivity contribution in [2.45, 2.75) is 13.3 Å². The number of carbonyl (C=O) groups excluding carboxylic acids is 1. The van der Waals surface area contributed by atoms with E-state index in [0.29, 0.717) is 11.3 Å². The number of aromatic nitrogens is 3. The topological polar surface area (TPSA) is 59.8 Å². The van der Waals surface area contributed by atoms with E-state index < -0.39 is 0 Å². The van der Waals surface area contributed by atoms with E-state index in [-0.39, 0.29) is 5.91 Å². The Balaban J connectivity index is 2.19. The van der Waals surface area contributed by atoms with E-state index in [1.807, 2.05) is 6.92 Å². The van der Waals surface area contributed by atoms with Crippen LogP contribution in [0, 0.1) is 0 Å². The average Bonchev–Trinajstić information content (AvgIpc) is 2.73. The van der Waals surface area contributed by atoms with E-state index in [9.17, 15) is 4.79 Å². The lowest BCUT2D eigenvalue weighted by atomic mass is 10.2. The van der Waals surface area contributed by atoms with Crippen molar-refractivity contribution in [2.24, 2.45) is 7.05 Å². The zero-order valence-corrected chi connectivity index (χ0v) is 11.7. The summed E-state index contributed by atoms with van der Waals surface area (Å²) in [5.41, 5.74) is 2.05. The monoisotopic (exact) mass is 308 g/mol. The van der Waals surface area contributed by atoms with Crippen LogP contribution in [0.25, 0.3) is 0 Å². The van der Waals surface area contributed by atoms with Gasteiger partial charge in [-0.15, -0.1) is 0 Å². The van der Waals surface area contributed by atoms with Gasteiger partial charge in [0.25, 0.3) is 5.91 Å². The van der Waals surface area contributed by atoms with Gasteiger partial charge in [-0.1, -0.05) is 6.92 Å². The fourth-order valence-electron chi connectivity index (χ4n) is 1.63. The van der Waals surface area contributed by atoms with Gasteiger partial charge in [-0.3, -0.25) is 9.48 Å². The molecule has 2 rings (SSSR count). The molecule has 0 fully saturated rings. The molecule has 0 saturated carbocycles. The quantitative estimate of drug-likeness (QED) is 0.886. The van der Waals surface area contributed by atoms with Crippen LogP contribution in [0.4, 0.5) is 5.69 Å². The normalized spacial score (nSPS) is 10.4. The molecular weight excluding hydrogens is 296 g/mol. The minimum absolute atomic E-state index is 0.163. The predicted molar refractivity (Wildman–Crippen MR) is 72.5 cm³/mol. The molecule has 0 saturated heterocycles. The fraction of sp³-hybridized carbons (Fsp3) is 0.250. The highest BCUT2D eigenvalue weighted by atomic mass is 79.9. The average molecular weight is 309 g/mol. The van der Waals surface area contributed by atoms with Crippen LogP contribution in [0.3, 0.4) is 0 Å². The number of halogens is 1. The van der Waals surface area contributed by atoms with Crippen LogP contribution in [0.2, 0.25) is 0 Å². The molecule has 0 bridgehead atoms. The lowest BCUT2D eigenvalue weighted by Crippen LogP contribution is -2.13. The number of hydrogen-bond donors (Lipinski definition) is 1. The van der Waals surface area contributed by atoms with Crippen molar-refractivity contribution in [1.29, 1.82) is 0 Å². The van der Waals surface area contributed by atoms with E-state index in [1.54, 1.807) is 36.3 Å². The molecule has 6 heteroatoms. The maximum atomic E-state index is 12.1. The van der Waals surface area contributed by atoms with Crippen LogP contribution in [-0.4, -0.2) is 20.7 Å². The molecule has 1 amide bonds. The summed E-state index contributed by atoms with van der Waals surface area (Å²) in [6.07, 6.45) is 4.05. The molecular formula is C12H13BrN4O. The Morgan fingerprint density at radius 3 is 2.89 bits per heavy atom. The van der Waals surface area contributed by atoms with Crippen molar-refractivity contribution in [3.05, 3.63) is 40.4 Å². The molecule has 0 aliphatic heterocycles. The number of rotatable bonds is 3. The van der Waals surface area contributed by atoms with Crippen molar-refractivity contribution in [3.8, 4) is 0 Å². The molecule has 5 nitrogen and oxygen atoms in total. The van der Waals surface area contributed by atoms with Gasteiger partial charge in [0.05, 0.1) is 23.1 Å². The van der Waals surface area contributed by atoms with Crippen molar-refractivity contribution in [1.82, 2.24) is 14.8 Å². The SMILES string of the molecule is CCc1nn(C)cc1C(=O)Nc1ccc(Br)nc1. The lowest BCUT2D eigenvalue weighted by Gasteiger charge is -2.04. The number of carbonyl (C=O) groups is 1. The predicted octanol–water partition coefficient (Wildman–Crippen LogP) is 2.39. The van der Waals surface area contributed by atoms with Gasteiger partial charge >= 0.3 is 0 Å². The third-order valence-electron chi connectivity index (χ3n) is 2.47. The van der Waals surface area contributed by atoms with Crippen LogP contribution < -0.4 is 5.32 Å². The smallest absolute Gasteiger partial charge is 0.259 e. The van der Waals surface area contributed by atoms with E-state index in [0.717, 1.165) is 16.7 Å². The Hall–Kier alpha value is -1.69. The van der Waals surface area contributed by atoms with Gasteiger partial charge in [-0.2, -0.15) is 5.10 Å². The number of pyridine rings is 1. The van der Waals surface area contributed by atoms with Gasteiger partial charge in [-0.25, -0.2) is 4.98 Å². The molecule has 2 heterocycles. The van der Waals surface area contributed by atoms with E-state index >= 15 is 0 Å². The summed E-state index contributed by atoms with van der Waals surface area (Å²) in [4.78, 5) is 16.1. The summed E-state index contributed by atoms with van der Waals surface area (Å²) in [6.45, 7) is 1.97. The Kier molecular flexibility index (Phi) is 3.76. The number of amides is 1. The van der Waals surface area contributed by atoms with Crippen LogP contribution in [0.5, 0.6) is 0 Å². The second-order valence-corrected chi connectivity index (χ2v) is 4.65. The van der Waals surface area contributed by atoms with Gasteiger partial charge in [0, 0.05) is 13.2 Å². The second-order valence-electron chi connectivity index (χ2n) is 3.84. The highest BCUT2D eigenvalue weighted by Gasteiger charge is 2.14. The summed E-state index contributed by atoms with van der Waals surface area (Å²) in [5.74, 6) is -0.163. The van der Waals surface area contributed by atoms with Crippen molar-refractivity contribution >= 4 is 27.5 Å². The molecule has 0 atom stereocenters. The number of nitrogens with one attached hydrogen (secondary N) is 1. The fourth-order valence-corrected chi connectivity index (χ4v) is 1.87. The lowest BCUT2D eigenvalue weighted by molar-refractivity contribution is 0.102. The third-order valence-corrected chi connectivity index (χ3v) is 2.94. The first kappa shape index (κ1) is 12.8. The van der Waals surface area contributed by atoms with Crippen LogP contribution >= 0.6 is 15.9 Å². The molecule has 0 unspecified atom stereocenters. The highest BCUT2D eigenvalue weighted by Crippen LogP contribution is 2.13. The molecule has 2 aromatic rings. The molecule has 0 spiro atoms. The van der Waals surface area contributed by atoms with E-state index in [1.165, 1.54) is 0 Å². The molecule has 0 aromatic carbocycles. The number of hydrogen-bond acceptors (Lipinski definition) is 3. The second kappa shape index (κ2) is 5.30. The standard InChI is InChI=1S/C12H13BrN4O/c1-3-10-9(7-17(2)16-10)12(18)15-8-4-5-11(13)14-6-8/h4-7H,3H2,1-2H3,(H,15,18). The molecule has 2 aromatic heterocycles. The van der Waals surface area contributed by atoms with Gasteiger partial charge in [0.1, 0.15) is 4.60 Å². The summed E-state index contributed by atoms with van der Waals surface area (Å²) in [7, 11) is 1.80. The molecule has 0 radical (unpaired) electrons. The maximum absolute atomic E-state index is 12.1. The highest BCUT2D eigenvalue weighted by molar-refractivity contribution is 9.10. The van der Waals surface area contributed by atoms with Crippen LogP contribution in [-0.2, 0) is 13.5 Å². The van der Waals surface area contributed by atoms with Gasteiger partial charge < -0.3 is 5.32 Å². The van der Waals surface area contributed by atoms with Crippen LogP contribution in [0.1, 0.15) is 23.0 Å². The Labute approximate surface area is 113 Å². The minimum Gasteiger partial charge on any atom is -0.320 e. The summed E-state index contributed by atoms with van der Waals surface area (Å²) < 4.78 is 2.38. The molecule has 18 heavy (non-hydrogen) atoms. The Morgan fingerprint density at radius 2 is 2.28 bits per heavy atom. The van der Waals surface area contributed by atoms with Crippen molar-refractivity contribution in [3.63, 3.8) is 0 Å². The first-order valence-electron chi connectivity index (χ1n) is 5.55. The summed E-state index contributed by atoms with van der Waals surface area (Å²) in [5, 5.41) is 7.04. The number of aryl methyl sites for hydroxylation is 2. The first-order valence-corrected chi connectivity index (χ1v) is 6.35. The van der Waals surface area contributed by atoms with Crippen molar-refractivity contribution in [2.75, 3.05) is 5.32 Å². The van der Waals surface area contributed by atoms with Crippen molar-refractivity contribution < 1.29 is 4.79 Å². The Bertz CT molecular complexity index is 562. The molecule has 94 valence electrons. The third kappa shape index (κ3) is 2.76. The molecule has 0 aliphatic carbocycles. The number of anilines is 1. The minimum atomic E-state index is -0.163. The summed E-state index contributed by atoms with van der Waals surface area (Å²) >= 11 is 3.25. The largest absolute Gasteiger partial charge is 0.320 e. The first-order chi connectivity index (χ1) is 8.60. The Morgan fingerprint density at radius 1 is 1.50 bits per heavy atom. The number of nitrogens with zero attached hydrogens (tertiary/aromatic N) is 3. The van der Waals surface area contributed by atoms with Gasteiger partial charge in [-0.05, 0) is 34.5 Å². The molecule has 0 aliphatic rings. The van der Waals surface area contributed by atoms with Gasteiger partial charge in [0.15, 0.2) is 0 Å². The van der Waals surface area contributed by atoms with E-state index in [2.05, 4.69) is 31.3 Å². The molecule has 1 N–H and O–H groups in total. The van der Waals surface area contributed by atoms with Crippen LogP contribution in [0.15, 0.2) is 29.1 Å². The zero-order chi connectivity index (χ0) is 13.1.